The van der Waals surface area contributed by atoms with Crippen molar-refractivity contribution >= 4 is 11.6 Å². The molecule has 0 saturated carbocycles. The Hall–Kier alpha value is -2.67. The molecule has 2 heterocycles. The van der Waals surface area contributed by atoms with Crippen molar-refractivity contribution in [1.82, 2.24) is 9.97 Å². The van der Waals surface area contributed by atoms with Crippen molar-refractivity contribution in [3.05, 3.63) is 41.7 Å². The van der Waals surface area contributed by atoms with Crippen molar-refractivity contribution < 1.29 is 19.4 Å². The van der Waals surface area contributed by atoms with Crippen molar-refractivity contribution in [3.8, 4) is 11.8 Å². The van der Waals surface area contributed by atoms with Gasteiger partial charge in [0.1, 0.15) is 5.69 Å². The lowest BCUT2D eigenvalue weighted by Crippen LogP contribution is -2.37. The summed E-state index contributed by atoms with van der Waals surface area (Å²) in [4.78, 5) is 20.4. The van der Waals surface area contributed by atoms with E-state index < -0.39 is 11.5 Å². The summed E-state index contributed by atoms with van der Waals surface area (Å²) in [7, 11) is 2.82. The molecule has 7 nitrogen and oxygen atoms in total. The molecule has 1 amide bonds. The maximum absolute atomic E-state index is 12.3. The zero-order valence-corrected chi connectivity index (χ0v) is 11.5. The Bertz CT molecular complexity index is 719. The van der Waals surface area contributed by atoms with E-state index in [0.29, 0.717) is 11.3 Å². The third kappa shape index (κ3) is 1.82. The van der Waals surface area contributed by atoms with Crippen LogP contribution in [0, 0.1) is 0 Å². The summed E-state index contributed by atoms with van der Waals surface area (Å²) < 4.78 is 10.1. The fourth-order valence-electron chi connectivity index (χ4n) is 2.32. The Morgan fingerprint density at radius 2 is 2.00 bits per heavy atom. The summed E-state index contributed by atoms with van der Waals surface area (Å²) in [5.74, 6) is -0.337. The van der Waals surface area contributed by atoms with Crippen molar-refractivity contribution in [3.63, 3.8) is 0 Å². The molecule has 0 spiro atoms. The molecule has 108 valence electrons. The normalized spacial score (nSPS) is 19.9. The SMILES string of the molecule is COc1cnc(C2(O)C(=O)Nc3ccccc32)c(OC)n1. The molecule has 1 aromatic carbocycles. The molecule has 1 aliphatic rings. The molecule has 1 aliphatic heterocycles. The predicted octanol–water partition coefficient (Wildman–Crippen LogP) is 0.682. The van der Waals surface area contributed by atoms with Crippen LogP contribution in [0.5, 0.6) is 11.8 Å². The number of benzene rings is 1. The van der Waals surface area contributed by atoms with E-state index in [1.165, 1.54) is 20.4 Å². The highest BCUT2D eigenvalue weighted by Crippen LogP contribution is 2.42. The van der Waals surface area contributed by atoms with Crippen LogP contribution >= 0.6 is 0 Å². The number of para-hydroxylation sites is 1. The lowest BCUT2D eigenvalue weighted by molar-refractivity contribution is -0.130. The van der Waals surface area contributed by atoms with Gasteiger partial charge in [0.05, 0.1) is 20.4 Å². The molecule has 2 N–H and O–H groups in total. The van der Waals surface area contributed by atoms with Gasteiger partial charge in [0.25, 0.3) is 5.91 Å². The molecule has 0 fully saturated rings. The van der Waals surface area contributed by atoms with Gasteiger partial charge >= 0.3 is 0 Å². The molecule has 0 saturated heterocycles. The smallest absolute Gasteiger partial charge is 0.267 e. The molecular weight excluding hydrogens is 274 g/mol. The van der Waals surface area contributed by atoms with Crippen LogP contribution in [-0.4, -0.2) is 35.2 Å². The van der Waals surface area contributed by atoms with Gasteiger partial charge in [-0.25, -0.2) is 4.98 Å². The summed E-state index contributed by atoms with van der Waals surface area (Å²) in [5.41, 5.74) is -0.980. The number of hydrogen-bond acceptors (Lipinski definition) is 6. The number of ether oxygens (including phenoxy) is 2. The average molecular weight is 287 g/mol. The molecule has 7 heteroatoms. The highest BCUT2D eigenvalue weighted by Gasteiger charge is 2.50. The summed E-state index contributed by atoms with van der Waals surface area (Å²) in [6.07, 6.45) is 1.32. The first-order valence-electron chi connectivity index (χ1n) is 6.20. The van der Waals surface area contributed by atoms with E-state index in [4.69, 9.17) is 9.47 Å². The molecule has 1 atom stereocenters. The van der Waals surface area contributed by atoms with Crippen LogP contribution in [0.1, 0.15) is 11.3 Å². The van der Waals surface area contributed by atoms with E-state index in [1.54, 1.807) is 24.3 Å². The first kappa shape index (κ1) is 13.3. The Morgan fingerprint density at radius 3 is 2.71 bits per heavy atom. The van der Waals surface area contributed by atoms with Gasteiger partial charge in [-0.15, -0.1) is 0 Å². The van der Waals surface area contributed by atoms with Crippen LogP contribution in [0.15, 0.2) is 30.5 Å². The number of anilines is 1. The Morgan fingerprint density at radius 1 is 1.24 bits per heavy atom. The van der Waals surface area contributed by atoms with Crippen molar-refractivity contribution in [2.45, 2.75) is 5.60 Å². The second-order valence-electron chi connectivity index (χ2n) is 4.48. The van der Waals surface area contributed by atoms with E-state index in [9.17, 15) is 9.90 Å². The van der Waals surface area contributed by atoms with Crippen LogP contribution in [-0.2, 0) is 10.4 Å². The van der Waals surface area contributed by atoms with E-state index >= 15 is 0 Å². The fraction of sp³-hybridized carbons (Fsp3) is 0.214. The molecule has 21 heavy (non-hydrogen) atoms. The number of aliphatic hydroxyl groups is 1. The van der Waals surface area contributed by atoms with Crippen LogP contribution in [0.3, 0.4) is 0 Å². The highest BCUT2D eigenvalue weighted by molar-refractivity contribution is 6.07. The van der Waals surface area contributed by atoms with Gasteiger partial charge in [-0.2, -0.15) is 4.98 Å². The average Bonchev–Trinajstić information content (AvgIpc) is 2.79. The van der Waals surface area contributed by atoms with Crippen LogP contribution in [0.4, 0.5) is 5.69 Å². The summed E-state index contributed by atoms with van der Waals surface area (Å²) in [5, 5.41) is 13.5. The molecule has 2 aromatic rings. The molecule has 0 radical (unpaired) electrons. The second-order valence-corrected chi connectivity index (χ2v) is 4.48. The minimum atomic E-state index is -1.94. The van der Waals surface area contributed by atoms with Gasteiger partial charge in [-0.05, 0) is 6.07 Å². The van der Waals surface area contributed by atoms with E-state index in [1.807, 2.05) is 0 Å². The lowest BCUT2D eigenvalue weighted by Gasteiger charge is -2.21. The molecule has 1 unspecified atom stereocenters. The zero-order valence-electron chi connectivity index (χ0n) is 11.5. The molecule has 0 aliphatic carbocycles. The van der Waals surface area contributed by atoms with E-state index in [0.717, 1.165) is 0 Å². The van der Waals surface area contributed by atoms with Gasteiger partial charge in [-0.1, -0.05) is 18.2 Å². The largest absolute Gasteiger partial charge is 0.480 e. The van der Waals surface area contributed by atoms with Gasteiger partial charge < -0.3 is 19.9 Å². The number of carbonyl (C=O) groups excluding carboxylic acids is 1. The van der Waals surface area contributed by atoms with Gasteiger partial charge in [0.2, 0.25) is 17.4 Å². The van der Waals surface area contributed by atoms with Crippen LogP contribution < -0.4 is 14.8 Å². The number of aromatic nitrogens is 2. The first-order chi connectivity index (χ1) is 10.1. The van der Waals surface area contributed by atoms with Crippen molar-refractivity contribution in [2.75, 3.05) is 19.5 Å². The maximum atomic E-state index is 12.3. The van der Waals surface area contributed by atoms with Crippen molar-refractivity contribution in [2.24, 2.45) is 0 Å². The number of methoxy groups -OCH3 is 2. The Balaban J connectivity index is 2.22. The maximum Gasteiger partial charge on any atom is 0.267 e. The van der Waals surface area contributed by atoms with Crippen LogP contribution in [0.2, 0.25) is 0 Å². The highest BCUT2D eigenvalue weighted by atomic mass is 16.5. The van der Waals surface area contributed by atoms with Crippen molar-refractivity contribution in [1.29, 1.82) is 0 Å². The van der Waals surface area contributed by atoms with E-state index in [2.05, 4.69) is 15.3 Å². The number of carbonyl (C=O) groups is 1. The number of amides is 1. The standard InChI is InChI=1S/C14H13N3O4/c1-20-10-7-15-11(12(17-10)21-2)14(19)8-5-3-4-6-9(8)16-13(14)18/h3-7,19H,1-2H3,(H,16,18). The quantitative estimate of drug-likeness (QED) is 0.862. The number of nitrogens with zero attached hydrogens (tertiary/aromatic N) is 2. The van der Waals surface area contributed by atoms with Crippen LogP contribution in [0.25, 0.3) is 0 Å². The minimum absolute atomic E-state index is 0.0215. The number of rotatable bonds is 3. The number of fused-ring (bicyclic) bond motifs is 1. The van der Waals surface area contributed by atoms with Gasteiger partial charge in [-0.3, -0.25) is 4.79 Å². The minimum Gasteiger partial charge on any atom is -0.480 e. The zero-order chi connectivity index (χ0) is 15.0. The Kier molecular flexibility index (Phi) is 2.99. The second kappa shape index (κ2) is 4.71. The van der Waals surface area contributed by atoms with Gasteiger partial charge in [0.15, 0.2) is 0 Å². The molecule has 3 rings (SSSR count). The third-order valence-electron chi connectivity index (χ3n) is 3.36. The molecule has 0 bridgehead atoms. The van der Waals surface area contributed by atoms with E-state index in [-0.39, 0.29) is 17.5 Å². The van der Waals surface area contributed by atoms with Gasteiger partial charge in [0, 0.05) is 11.3 Å². The molecular formula is C14H13N3O4. The molecule has 1 aromatic heterocycles. The monoisotopic (exact) mass is 287 g/mol. The summed E-state index contributed by atoms with van der Waals surface area (Å²) in [6, 6.07) is 6.85. The topological polar surface area (TPSA) is 93.6 Å². The summed E-state index contributed by atoms with van der Waals surface area (Å²) in [6.45, 7) is 0. The number of nitrogens with one attached hydrogen (secondary N) is 1. The Labute approximate surface area is 120 Å². The predicted molar refractivity (Wildman–Crippen MR) is 73.2 cm³/mol. The summed E-state index contributed by atoms with van der Waals surface area (Å²) >= 11 is 0. The lowest BCUT2D eigenvalue weighted by atomic mass is 9.91. The fourth-order valence-corrected chi connectivity index (χ4v) is 2.32. The third-order valence-corrected chi connectivity index (χ3v) is 3.36. The first-order valence-corrected chi connectivity index (χ1v) is 6.20. The number of hydrogen-bond donors (Lipinski definition) is 2.